The highest BCUT2D eigenvalue weighted by Gasteiger charge is 2.34. The van der Waals surface area contributed by atoms with Crippen molar-refractivity contribution < 1.29 is 13.2 Å². The number of hydrogen-bond acceptors (Lipinski definition) is 5. The molecule has 0 radical (unpaired) electrons. The SMILES string of the molecule is C[C@H]1CN(S(=O)(=O)c2ccc(C#N)cc2)CCN1C(=O)c1ccc2cccnc2c1. The molecule has 2 aromatic carbocycles. The summed E-state index contributed by atoms with van der Waals surface area (Å²) in [6.07, 6.45) is 1.69. The summed E-state index contributed by atoms with van der Waals surface area (Å²) < 4.78 is 27.3. The molecule has 1 aliphatic heterocycles. The molecule has 1 saturated heterocycles. The van der Waals surface area contributed by atoms with E-state index in [-0.39, 0.29) is 29.9 Å². The van der Waals surface area contributed by atoms with Gasteiger partial charge in [-0.25, -0.2) is 8.42 Å². The van der Waals surface area contributed by atoms with Gasteiger partial charge in [-0.2, -0.15) is 9.57 Å². The Morgan fingerprint density at radius 1 is 1.13 bits per heavy atom. The predicted molar refractivity (Wildman–Crippen MR) is 112 cm³/mol. The first-order valence-corrected chi connectivity index (χ1v) is 11.0. The molecule has 0 spiro atoms. The molecular weight excluding hydrogens is 400 g/mol. The molecule has 8 heteroatoms. The fourth-order valence-electron chi connectivity index (χ4n) is 3.66. The molecule has 1 atom stereocenters. The molecule has 1 fully saturated rings. The number of pyridine rings is 1. The number of hydrogen-bond donors (Lipinski definition) is 0. The summed E-state index contributed by atoms with van der Waals surface area (Å²) in [5.74, 6) is -0.134. The summed E-state index contributed by atoms with van der Waals surface area (Å²) in [5.41, 5.74) is 1.69. The fraction of sp³-hybridized carbons (Fsp3) is 0.227. The summed E-state index contributed by atoms with van der Waals surface area (Å²) in [6, 6.07) is 16.8. The molecule has 0 unspecified atom stereocenters. The van der Waals surface area contributed by atoms with Gasteiger partial charge in [0.15, 0.2) is 0 Å². The predicted octanol–water partition coefficient (Wildman–Crippen LogP) is 2.64. The minimum absolute atomic E-state index is 0.134. The fourth-order valence-corrected chi connectivity index (χ4v) is 5.17. The van der Waals surface area contributed by atoms with Crippen molar-refractivity contribution in [2.45, 2.75) is 17.9 Å². The van der Waals surface area contributed by atoms with E-state index in [1.165, 1.54) is 28.6 Å². The Kier molecular flexibility index (Phi) is 5.24. The number of amides is 1. The zero-order chi connectivity index (χ0) is 21.3. The van der Waals surface area contributed by atoms with Gasteiger partial charge in [0, 0.05) is 42.8 Å². The zero-order valence-electron chi connectivity index (χ0n) is 16.4. The highest BCUT2D eigenvalue weighted by molar-refractivity contribution is 7.89. The number of rotatable bonds is 3. The van der Waals surface area contributed by atoms with Crippen molar-refractivity contribution in [3.63, 3.8) is 0 Å². The maximum atomic E-state index is 13.1. The molecule has 0 saturated carbocycles. The Morgan fingerprint density at radius 2 is 1.90 bits per heavy atom. The van der Waals surface area contributed by atoms with Gasteiger partial charge in [-0.3, -0.25) is 9.78 Å². The van der Waals surface area contributed by atoms with E-state index in [0.717, 1.165) is 10.9 Å². The van der Waals surface area contributed by atoms with Crippen LogP contribution in [0, 0.1) is 11.3 Å². The number of sulfonamides is 1. The average molecular weight is 420 g/mol. The molecule has 152 valence electrons. The lowest BCUT2D eigenvalue weighted by molar-refractivity contribution is 0.0591. The lowest BCUT2D eigenvalue weighted by Gasteiger charge is -2.39. The van der Waals surface area contributed by atoms with Crippen LogP contribution < -0.4 is 0 Å². The number of piperazine rings is 1. The van der Waals surface area contributed by atoms with Crippen LogP contribution in [0.15, 0.2) is 65.7 Å². The van der Waals surface area contributed by atoms with E-state index in [0.29, 0.717) is 17.7 Å². The van der Waals surface area contributed by atoms with Gasteiger partial charge in [-0.1, -0.05) is 12.1 Å². The molecule has 1 aliphatic rings. The van der Waals surface area contributed by atoms with Crippen LogP contribution in [0.5, 0.6) is 0 Å². The van der Waals surface area contributed by atoms with Crippen LogP contribution in [-0.2, 0) is 10.0 Å². The van der Waals surface area contributed by atoms with Gasteiger partial charge in [0.1, 0.15) is 0 Å². The molecule has 7 nitrogen and oxygen atoms in total. The lowest BCUT2D eigenvalue weighted by Crippen LogP contribution is -2.55. The largest absolute Gasteiger partial charge is 0.333 e. The number of nitriles is 1. The lowest BCUT2D eigenvalue weighted by atomic mass is 10.1. The van der Waals surface area contributed by atoms with Crippen molar-refractivity contribution in [2.24, 2.45) is 0 Å². The Morgan fingerprint density at radius 3 is 2.60 bits per heavy atom. The highest BCUT2D eigenvalue weighted by Crippen LogP contribution is 2.22. The van der Waals surface area contributed by atoms with E-state index in [4.69, 9.17) is 5.26 Å². The molecular formula is C22H20N4O3S. The molecule has 0 aliphatic carbocycles. The molecule has 1 amide bonds. The van der Waals surface area contributed by atoms with Gasteiger partial charge in [-0.15, -0.1) is 0 Å². The summed E-state index contributed by atoms with van der Waals surface area (Å²) in [6.45, 7) is 2.57. The van der Waals surface area contributed by atoms with Crippen molar-refractivity contribution in [2.75, 3.05) is 19.6 Å². The van der Waals surface area contributed by atoms with Crippen LogP contribution in [0.3, 0.4) is 0 Å². The number of carbonyl (C=O) groups is 1. The van der Waals surface area contributed by atoms with Crippen LogP contribution in [0.4, 0.5) is 0 Å². The molecule has 0 bridgehead atoms. The molecule has 3 aromatic rings. The van der Waals surface area contributed by atoms with Gasteiger partial charge in [0.25, 0.3) is 5.91 Å². The first-order valence-electron chi connectivity index (χ1n) is 9.56. The first kappa shape index (κ1) is 20.0. The minimum atomic E-state index is -3.69. The second-order valence-corrected chi connectivity index (χ2v) is 9.20. The summed E-state index contributed by atoms with van der Waals surface area (Å²) in [5, 5.41) is 9.86. The smallest absolute Gasteiger partial charge is 0.254 e. The first-order chi connectivity index (χ1) is 14.4. The Hall–Kier alpha value is -3.28. The monoisotopic (exact) mass is 420 g/mol. The van der Waals surface area contributed by atoms with E-state index < -0.39 is 10.0 Å². The maximum absolute atomic E-state index is 13.1. The Bertz CT molecular complexity index is 1250. The Balaban J connectivity index is 1.51. The van der Waals surface area contributed by atoms with Gasteiger partial charge < -0.3 is 4.90 Å². The Labute approximate surface area is 175 Å². The summed E-state index contributed by atoms with van der Waals surface area (Å²) in [7, 11) is -3.69. The molecule has 30 heavy (non-hydrogen) atoms. The summed E-state index contributed by atoms with van der Waals surface area (Å²) >= 11 is 0. The number of nitrogens with zero attached hydrogens (tertiary/aromatic N) is 4. The minimum Gasteiger partial charge on any atom is -0.333 e. The van der Waals surface area contributed by atoms with E-state index in [1.54, 1.807) is 23.2 Å². The average Bonchev–Trinajstić information content (AvgIpc) is 2.78. The van der Waals surface area contributed by atoms with Crippen LogP contribution in [0.25, 0.3) is 10.9 Å². The van der Waals surface area contributed by atoms with Crippen LogP contribution in [0.2, 0.25) is 0 Å². The number of benzene rings is 2. The van der Waals surface area contributed by atoms with Gasteiger partial charge >= 0.3 is 0 Å². The third kappa shape index (κ3) is 3.65. The normalized spacial score (nSPS) is 17.6. The third-order valence-corrected chi connectivity index (χ3v) is 7.20. The topological polar surface area (TPSA) is 94.4 Å². The second-order valence-electron chi connectivity index (χ2n) is 7.26. The zero-order valence-corrected chi connectivity index (χ0v) is 17.2. The van der Waals surface area contributed by atoms with Crippen molar-refractivity contribution in [1.82, 2.24) is 14.2 Å². The summed E-state index contributed by atoms with van der Waals surface area (Å²) in [4.78, 5) is 19.2. The third-order valence-electron chi connectivity index (χ3n) is 5.33. The van der Waals surface area contributed by atoms with Crippen LogP contribution >= 0.6 is 0 Å². The molecule has 0 N–H and O–H groups in total. The van der Waals surface area contributed by atoms with E-state index >= 15 is 0 Å². The van der Waals surface area contributed by atoms with Gasteiger partial charge in [0.05, 0.1) is 22.0 Å². The van der Waals surface area contributed by atoms with E-state index in [2.05, 4.69) is 4.98 Å². The van der Waals surface area contributed by atoms with Crippen molar-refractivity contribution >= 4 is 26.8 Å². The van der Waals surface area contributed by atoms with Crippen molar-refractivity contribution in [3.05, 3.63) is 71.9 Å². The van der Waals surface area contributed by atoms with Crippen molar-refractivity contribution in [3.8, 4) is 6.07 Å². The number of aromatic nitrogens is 1. The van der Waals surface area contributed by atoms with Crippen LogP contribution in [-0.4, -0.2) is 54.2 Å². The molecule has 2 heterocycles. The number of fused-ring (bicyclic) bond motifs is 1. The standard InChI is InChI=1S/C22H20N4O3S/c1-16-15-25(30(28,29)20-8-4-17(14-23)5-9-20)11-12-26(16)22(27)19-7-6-18-3-2-10-24-21(18)13-19/h2-10,13,16H,11-12,15H2,1H3/t16-/m0/s1. The van der Waals surface area contributed by atoms with E-state index in [1.807, 2.05) is 31.2 Å². The molecule has 1 aromatic heterocycles. The molecule has 4 rings (SSSR count). The van der Waals surface area contributed by atoms with Gasteiger partial charge in [0.2, 0.25) is 10.0 Å². The quantitative estimate of drug-likeness (QED) is 0.649. The van der Waals surface area contributed by atoms with Crippen molar-refractivity contribution in [1.29, 1.82) is 5.26 Å². The van der Waals surface area contributed by atoms with Gasteiger partial charge in [-0.05, 0) is 49.4 Å². The van der Waals surface area contributed by atoms with E-state index in [9.17, 15) is 13.2 Å². The van der Waals surface area contributed by atoms with Crippen LogP contribution in [0.1, 0.15) is 22.8 Å². The number of carbonyl (C=O) groups excluding carboxylic acids is 1. The second kappa shape index (κ2) is 7.86. The maximum Gasteiger partial charge on any atom is 0.254 e. The highest BCUT2D eigenvalue weighted by atomic mass is 32.2.